The van der Waals surface area contributed by atoms with E-state index in [1.165, 1.54) is 5.56 Å². The SMILES string of the molecule is C[C@H]1Cc2ccccc2N1C(=O)COc1ccc(-c2ccc(C#N)cc2)cc1. The molecule has 1 aliphatic heterocycles. The van der Waals surface area contributed by atoms with Gasteiger partial charge in [-0.25, -0.2) is 0 Å². The summed E-state index contributed by atoms with van der Waals surface area (Å²) in [6, 6.07) is 25.4. The number of carbonyl (C=O) groups is 1. The Morgan fingerprint density at radius 1 is 1.04 bits per heavy atom. The molecule has 0 N–H and O–H groups in total. The van der Waals surface area contributed by atoms with E-state index in [0.717, 1.165) is 23.2 Å². The maximum atomic E-state index is 12.7. The van der Waals surface area contributed by atoms with E-state index < -0.39 is 0 Å². The predicted octanol–water partition coefficient (Wildman–Crippen LogP) is 4.58. The Morgan fingerprint density at radius 3 is 2.36 bits per heavy atom. The van der Waals surface area contributed by atoms with Crippen molar-refractivity contribution in [2.75, 3.05) is 11.5 Å². The summed E-state index contributed by atoms with van der Waals surface area (Å²) in [6.45, 7) is 2.07. The Labute approximate surface area is 164 Å². The number of amides is 1. The summed E-state index contributed by atoms with van der Waals surface area (Å²) in [6.07, 6.45) is 0.876. The molecule has 0 aromatic heterocycles. The van der Waals surface area contributed by atoms with Gasteiger partial charge in [0, 0.05) is 11.7 Å². The standard InChI is InChI=1S/C24H20N2O2/c1-17-14-21-4-2-3-5-23(21)26(17)24(27)16-28-22-12-10-20(11-13-22)19-8-6-18(15-25)7-9-19/h2-13,17H,14,16H2,1H3/t17-/m0/s1. The monoisotopic (exact) mass is 368 g/mol. The lowest BCUT2D eigenvalue weighted by atomic mass is 10.0. The molecule has 0 spiro atoms. The summed E-state index contributed by atoms with van der Waals surface area (Å²) >= 11 is 0. The second-order valence-corrected chi connectivity index (χ2v) is 6.95. The highest BCUT2D eigenvalue weighted by Gasteiger charge is 2.30. The van der Waals surface area contributed by atoms with Gasteiger partial charge < -0.3 is 9.64 Å². The number of hydrogen-bond acceptors (Lipinski definition) is 3. The maximum Gasteiger partial charge on any atom is 0.265 e. The Bertz CT molecular complexity index is 1030. The van der Waals surface area contributed by atoms with Gasteiger partial charge >= 0.3 is 0 Å². The first kappa shape index (κ1) is 17.8. The highest BCUT2D eigenvalue weighted by molar-refractivity contribution is 5.97. The van der Waals surface area contributed by atoms with Crippen LogP contribution in [0.2, 0.25) is 0 Å². The molecule has 4 rings (SSSR count). The Kier molecular flexibility index (Phi) is 4.82. The molecule has 138 valence electrons. The molecule has 4 nitrogen and oxygen atoms in total. The van der Waals surface area contributed by atoms with E-state index in [9.17, 15) is 4.79 Å². The summed E-state index contributed by atoms with van der Waals surface area (Å²) in [7, 11) is 0. The minimum Gasteiger partial charge on any atom is -0.484 e. The second kappa shape index (κ2) is 7.58. The fraction of sp³-hybridized carbons (Fsp3) is 0.167. The number of nitriles is 1. The molecule has 0 bridgehead atoms. The van der Waals surface area contributed by atoms with Gasteiger partial charge in [-0.3, -0.25) is 4.79 Å². The number of carbonyl (C=O) groups excluding carboxylic acids is 1. The van der Waals surface area contributed by atoms with Crippen LogP contribution in [0.15, 0.2) is 72.8 Å². The number of nitrogens with zero attached hydrogens (tertiary/aromatic N) is 2. The molecule has 28 heavy (non-hydrogen) atoms. The summed E-state index contributed by atoms with van der Waals surface area (Å²) in [5.74, 6) is 0.625. The van der Waals surface area contributed by atoms with Crippen molar-refractivity contribution >= 4 is 11.6 Å². The number of hydrogen-bond donors (Lipinski definition) is 0. The lowest BCUT2D eigenvalue weighted by Gasteiger charge is -2.22. The lowest BCUT2D eigenvalue weighted by Crippen LogP contribution is -2.39. The van der Waals surface area contributed by atoms with Crippen LogP contribution in [-0.2, 0) is 11.2 Å². The quantitative estimate of drug-likeness (QED) is 0.677. The predicted molar refractivity (Wildman–Crippen MR) is 109 cm³/mol. The van der Waals surface area contributed by atoms with E-state index in [1.807, 2.05) is 59.5 Å². The molecule has 0 saturated carbocycles. The summed E-state index contributed by atoms with van der Waals surface area (Å²) < 4.78 is 5.74. The van der Waals surface area contributed by atoms with Gasteiger partial charge in [0.05, 0.1) is 11.6 Å². The molecule has 0 aliphatic carbocycles. The van der Waals surface area contributed by atoms with Crippen molar-refractivity contribution in [1.82, 2.24) is 0 Å². The van der Waals surface area contributed by atoms with Crippen molar-refractivity contribution in [2.24, 2.45) is 0 Å². The molecule has 3 aromatic rings. The number of fused-ring (bicyclic) bond motifs is 1. The molecule has 0 saturated heterocycles. The number of ether oxygens (including phenoxy) is 1. The van der Waals surface area contributed by atoms with Gasteiger partial charge in [0.25, 0.3) is 5.91 Å². The molecular weight excluding hydrogens is 348 g/mol. The van der Waals surface area contributed by atoms with E-state index in [-0.39, 0.29) is 18.6 Å². The van der Waals surface area contributed by atoms with Gasteiger partial charge in [-0.2, -0.15) is 5.26 Å². The third-order valence-corrected chi connectivity index (χ3v) is 5.04. The normalized spacial score (nSPS) is 15.0. The number of anilines is 1. The van der Waals surface area contributed by atoms with Gasteiger partial charge in [0.15, 0.2) is 6.61 Å². The Hall–Kier alpha value is -3.58. The first-order valence-electron chi connectivity index (χ1n) is 9.29. The second-order valence-electron chi connectivity index (χ2n) is 6.95. The van der Waals surface area contributed by atoms with E-state index in [2.05, 4.69) is 19.1 Å². The van der Waals surface area contributed by atoms with Crippen LogP contribution >= 0.6 is 0 Å². The molecule has 3 aromatic carbocycles. The first-order valence-corrected chi connectivity index (χ1v) is 9.29. The highest BCUT2D eigenvalue weighted by Crippen LogP contribution is 2.32. The summed E-state index contributed by atoms with van der Waals surface area (Å²) in [5.41, 5.74) is 4.89. The van der Waals surface area contributed by atoms with Crippen LogP contribution in [-0.4, -0.2) is 18.6 Å². The van der Waals surface area contributed by atoms with Crippen molar-refractivity contribution < 1.29 is 9.53 Å². The van der Waals surface area contributed by atoms with Crippen LogP contribution < -0.4 is 9.64 Å². The smallest absolute Gasteiger partial charge is 0.265 e. The fourth-order valence-electron chi connectivity index (χ4n) is 3.64. The zero-order valence-corrected chi connectivity index (χ0v) is 15.6. The molecule has 0 fully saturated rings. The van der Waals surface area contributed by atoms with Crippen molar-refractivity contribution in [3.63, 3.8) is 0 Å². The van der Waals surface area contributed by atoms with Crippen LogP contribution in [0.3, 0.4) is 0 Å². The van der Waals surface area contributed by atoms with Crippen molar-refractivity contribution in [2.45, 2.75) is 19.4 Å². The molecular formula is C24H20N2O2. The molecule has 1 amide bonds. The molecule has 4 heteroatoms. The zero-order valence-electron chi connectivity index (χ0n) is 15.6. The molecule has 1 heterocycles. The van der Waals surface area contributed by atoms with E-state index in [0.29, 0.717) is 11.3 Å². The largest absolute Gasteiger partial charge is 0.484 e. The fourth-order valence-corrected chi connectivity index (χ4v) is 3.64. The average molecular weight is 368 g/mol. The van der Waals surface area contributed by atoms with Crippen LogP contribution in [0.5, 0.6) is 5.75 Å². The van der Waals surface area contributed by atoms with Crippen molar-refractivity contribution in [3.05, 3.63) is 83.9 Å². The third-order valence-electron chi connectivity index (χ3n) is 5.04. The number of benzene rings is 3. The van der Waals surface area contributed by atoms with Crippen molar-refractivity contribution in [3.8, 4) is 22.9 Å². The third kappa shape index (κ3) is 3.47. The average Bonchev–Trinajstić information content (AvgIpc) is 3.08. The van der Waals surface area contributed by atoms with Gasteiger partial charge in [0.2, 0.25) is 0 Å². The number of para-hydroxylation sites is 1. The van der Waals surface area contributed by atoms with E-state index >= 15 is 0 Å². The number of rotatable bonds is 4. The first-order chi connectivity index (χ1) is 13.7. The zero-order chi connectivity index (χ0) is 19.5. The summed E-state index contributed by atoms with van der Waals surface area (Å²) in [5, 5.41) is 8.89. The van der Waals surface area contributed by atoms with E-state index in [4.69, 9.17) is 10.00 Å². The Balaban J connectivity index is 1.41. The molecule has 0 unspecified atom stereocenters. The van der Waals surface area contributed by atoms with Gasteiger partial charge in [-0.05, 0) is 60.4 Å². The van der Waals surface area contributed by atoms with Crippen molar-refractivity contribution in [1.29, 1.82) is 5.26 Å². The van der Waals surface area contributed by atoms with Gasteiger partial charge in [0.1, 0.15) is 5.75 Å². The van der Waals surface area contributed by atoms with Gasteiger partial charge in [-0.1, -0.05) is 42.5 Å². The van der Waals surface area contributed by atoms with Crippen LogP contribution in [0.1, 0.15) is 18.1 Å². The maximum absolute atomic E-state index is 12.7. The topological polar surface area (TPSA) is 53.3 Å². The van der Waals surface area contributed by atoms with Crippen LogP contribution in [0, 0.1) is 11.3 Å². The van der Waals surface area contributed by atoms with Gasteiger partial charge in [-0.15, -0.1) is 0 Å². The molecule has 0 radical (unpaired) electrons. The minimum absolute atomic E-state index is 0.00882. The van der Waals surface area contributed by atoms with E-state index in [1.54, 1.807) is 12.1 Å². The highest BCUT2D eigenvalue weighted by atomic mass is 16.5. The minimum atomic E-state index is -0.0337. The summed E-state index contributed by atoms with van der Waals surface area (Å²) in [4.78, 5) is 14.5. The lowest BCUT2D eigenvalue weighted by molar-refractivity contribution is -0.120. The molecule has 1 atom stereocenters. The van der Waals surface area contributed by atoms with Crippen LogP contribution in [0.25, 0.3) is 11.1 Å². The molecule has 1 aliphatic rings. The van der Waals surface area contributed by atoms with Crippen LogP contribution in [0.4, 0.5) is 5.69 Å². The Morgan fingerprint density at radius 2 is 1.68 bits per heavy atom.